The molecule has 122 valence electrons. The van der Waals surface area contributed by atoms with E-state index < -0.39 is 11.9 Å². The van der Waals surface area contributed by atoms with Crippen LogP contribution in [0.25, 0.3) is 0 Å². The number of carboxylic acids is 2. The van der Waals surface area contributed by atoms with Crippen molar-refractivity contribution >= 4 is 11.9 Å². The Morgan fingerprint density at radius 3 is 2.18 bits per heavy atom. The standard InChI is InChI=1S/C9H16O2.C9H10O2/c2*1-6-4-3-5-8(7(6)2)9(10)11/h6-8H,3-5H2,1-2H3,(H,10,11);3-5H,1-2H3,(H,10,11). The number of aryl methyl sites for hydroxylation is 1. The number of hydrogen-bond acceptors (Lipinski definition) is 2. The maximum Gasteiger partial charge on any atom is 0.335 e. The second-order valence-electron chi connectivity index (χ2n) is 6.26. The molecule has 0 spiro atoms. The van der Waals surface area contributed by atoms with Crippen LogP contribution in [0.3, 0.4) is 0 Å². The third-order valence-electron chi connectivity index (χ3n) is 4.86. The summed E-state index contributed by atoms with van der Waals surface area (Å²) in [5, 5.41) is 17.5. The molecule has 1 saturated carbocycles. The van der Waals surface area contributed by atoms with Crippen LogP contribution in [0, 0.1) is 31.6 Å². The summed E-state index contributed by atoms with van der Waals surface area (Å²) in [7, 11) is 0. The van der Waals surface area contributed by atoms with Gasteiger partial charge in [0, 0.05) is 0 Å². The normalized spacial score (nSPS) is 24.1. The van der Waals surface area contributed by atoms with Crippen LogP contribution in [-0.2, 0) is 4.79 Å². The largest absolute Gasteiger partial charge is 0.481 e. The van der Waals surface area contributed by atoms with Crippen molar-refractivity contribution in [1.29, 1.82) is 0 Å². The van der Waals surface area contributed by atoms with E-state index in [9.17, 15) is 9.59 Å². The molecule has 2 rings (SSSR count). The summed E-state index contributed by atoms with van der Waals surface area (Å²) in [5.74, 6) is -0.597. The molecule has 1 fully saturated rings. The molecular formula is C18H26O4. The fourth-order valence-electron chi connectivity index (χ4n) is 2.91. The highest BCUT2D eigenvalue weighted by molar-refractivity contribution is 5.89. The maximum atomic E-state index is 10.7. The lowest BCUT2D eigenvalue weighted by Crippen LogP contribution is -2.30. The van der Waals surface area contributed by atoms with E-state index >= 15 is 0 Å². The van der Waals surface area contributed by atoms with Crippen molar-refractivity contribution in [2.24, 2.45) is 17.8 Å². The third-order valence-corrected chi connectivity index (χ3v) is 4.86. The number of aliphatic carboxylic acids is 1. The minimum Gasteiger partial charge on any atom is -0.481 e. The first kappa shape index (κ1) is 18.2. The molecule has 1 aromatic rings. The summed E-state index contributed by atoms with van der Waals surface area (Å²) in [6.07, 6.45) is 3.16. The van der Waals surface area contributed by atoms with Gasteiger partial charge < -0.3 is 10.2 Å². The average molecular weight is 306 g/mol. The van der Waals surface area contributed by atoms with Crippen molar-refractivity contribution in [3.8, 4) is 0 Å². The average Bonchev–Trinajstić information content (AvgIpc) is 2.45. The van der Waals surface area contributed by atoms with Gasteiger partial charge in [0.1, 0.15) is 0 Å². The van der Waals surface area contributed by atoms with Gasteiger partial charge in [0.05, 0.1) is 11.5 Å². The lowest BCUT2D eigenvalue weighted by atomic mass is 9.74. The third kappa shape index (κ3) is 4.58. The zero-order valence-corrected chi connectivity index (χ0v) is 13.8. The van der Waals surface area contributed by atoms with E-state index in [-0.39, 0.29) is 5.92 Å². The first-order chi connectivity index (χ1) is 10.3. The topological polar surface area (TPSA) is 74.6 Å². The number of carbonyl (C=O) groups is 2. The number of carboxylic acid groups (broad SMARTS) is 2. The van der Waals surface area contributed by atoms with Crippen molar-refractivity contribution in [1.82, 2.24) is 0 Å². The summed E-state index contributed by atoms with van der Waals surface area (Å²) in [4.78, 5) is 21.3. The molecule has 4 nitrogen and oxygen atoms in total. The first-order valence-corrected chi connectivity index (χ1v) is 7.78. The monoisotopic (exact) mass is 306 g/mol. The Kier molecular flexibility index (Phi) is 6.60. The van der Waals surface area contributed by atoms with Gasteiger partial charge in [-0.3, -0.25) is 4.79 Å². The molecule has 0 saturated heterocycles. The molecule has 22 heavy (non-hydrogen) atoms. The highest BCUT2D eigenvalue weighted by Crippen LogP contribution is 2.34. The molecule has 0 radical (unpaired) electrons. The highest BCUT2D eigenvalue weighted by atomic mass is 16.4. The Hall–Kier alpha value is -1.84. The second kappa shape index (κ2) is 7.97. The lowest BCUT2D eigenvalue weighted by Gasteiger charge is -2.31. The molecule has 3 unspecified atom stereocenters. The van der Waals surface area contributed by atoms with Gasteiger partial charge in [-0.2, -0.15) is 0 Å². The lowest BCUT2D eigenvalue weighted by molar-refractivity contribution is -0.145. The quantitative estimate of drug-likeness (QED) is 0.861. The van der Waals surface area contributed by atoms with Crippen molar-refractivity contribution < 1.29 is 19.8 Å². The van der Waals surface area contributed by atoms with E-state index in [1.54, 1.807) is 12.1 Å². The Labute approximate surface area is 132 Å². The second-order valence-corrected chi connectivity index (χ2v) is 6.26. The van der Waals surface area contributed by atoms with Crippen molar-refractivity contribution in [2.45, 2.75) is 47.0 Å². The van der Waals surface area contributed by atoms with Crippen LogP contribution in [0.2, 0.25) is 0 Å². The van der Waals surface area contributed by atoms with E-state index in [2.05, 4.69) is 13.8 Å². The van der Waals surface area contributed by atoms with Gasteiger partial charge >= 0.3 is 11.9 Å². The molecule has 1 aliphatic carbocycles. The van der Waals surface area contributed by atoms with Gasteiger partial charge in [0.2, 0.25) is 0 Å². The minimum atomic E-state index is -0.855. The molecule has 0 aliphatic heterocycles. The minimum absolute atomic E-state index is 0.0845. The molecule has 3 atom stereocenters. The van der Waals surface area contributed by atoms with Crippen LogP contribution in [0.15, 0.2) is 18.2 Å². The number of benzene rings is 1. The first-order valence-electron chi connectivity index (χ1n) is 7.78. The number of hydrogen-bond donors (Lipinski definition) is 2. The highest BCUT2D eigenvalue weighted by Gasteiger charge is 2.31. The summed E-state index contributed by atoms with van der Waals surface area (Å²) >= 11 is 0. The molecular weight excluding hydrogens is 280 g/mol. The van der Waals surface area contributed by atoms with Crippen LogP contribution in [-0.4, -0.2) is 22.2 Å². The predicted molar refractivity (Wildman–Crippen MR) is 86.2 cm³/mol. The summed E-state index contributed by atoms with van der Waals surface area (Å²) in [6, 6.07) is 5.28. The van der Waals surface area contributed by atoms with Crippen molar-refractivity contribution in [3.63, 3.8) is 0 Å². The van der Waals surface area contributed by atoms with Gasteiger partial charge in [0.25, 0.3) is 0 Å². The van der Waals surface area contributed by atoms with E-state index in [1.807, 2.05) is 19.9 Å². The van der Waals surface area contributed by atoms with Gasteiger partial charge in [0.15, 0.2) is 0 Å². The number of rotatable bonds is 2. The molecule has 4 heteroatoms. The molecule has 0 amide bonds. The van der Waals surface area contributed by atoms with Crippen LogP contribution in [0.4, 0.5) is 0 Å². The van der Waals surface area contributed by atoms with Gasteiger partial charge in [-0.05, 0) is 49.3 Å². The fourth-order valence-corrected chi connectivity index (χ4v) is 2.91. The zero-order valence-electron chi connectivity index (χ0n) is 13.8. The van der Waals surface area contributed by atoms with Crippen LogP contribution < -0.4 is 0 Å². The molecule has 1 aromatic carbocycles. The Balaban J connectivity index is 0.000000220. The smallest absolute Gasteiger partial charge is 0.335 e. The SMILES string of the molecule is CC1CCCC(C(=O)O)C1C.Cc1cccc(C(=O)O)c1C. The van der Waals surface area contributed by atoms with E-state index in [0.717, 1.165) is 24.0 Å². The van der Waals surface area contributed by atoms with Crippen molar-refractivity contribution in [2.75, 3.05) is 0 Å². The van der Waals surface area contributed by atoms with Crippen molar-refractivity contribution in [3.05, 3.63) is 34.9 Å². The van der Waals surface area contributed by atoms with Crippen LogP contribution >= 0.6 is 0 Å². The van der Waals surface area contributed by atoms with Crippen LogP contribution in [0.1, 0.15) is 54.6 Å². The zero-order chi connectivity index (χ0) is 16.9. The summed E-state index contributed by atoms with van der Waals surface area (Å²) in [5.41, 5.74) is 2.26. The molecule has 2 N–H and O–H groups in total. The van der Waals surface area contributed by atoms with Gasteiger partial charge in [-0.15, -0.1) is 0 Å². The fraction of sp³-hybridized carbons (Fsp3) is 0.556. The van der Waals surface area contributed by atoms with E-state index in [0.29, 0.717) is 17.4 Å². The summed E-state index contributed by atoms with van der Waals surface area (Å²) < 4.78 is 0. The Bertz CT molecular complexity index is 536. The molecule has 0 aromatic heterocycles. The van der Waals surface area contributed by atoms with Gasteiger partial charge in [-0.1, -0.05) is 38.8 Å². The van der Waals surface area contributed by atoms with E-state index in [1.165, 1.54) is 6.42 Å². The van der Waals surface area contributed by atoms with Crippen LogP contribution in [0.5, 0.6) is 0 Å². The molecule has 0 bridgehead atoms. The predicted octanol–water partition coefficient (Wildman–Crippen LogP) is 4.14. The maximum absolute atomic E-state index is 10.7. The number of aromatic carboxylic acids is 1. The molecule has 1 aliphatic rings. The Morgan fingerprint density at radius 1 is 1.09 bits per heavy atom. The molecule has 0 heterocycles. The summed E-state index contributed by atoms with van der Waals surface area (Å²) in [6.45, 7) is 7.93. The van der Waals surface area contributed by atoms with E-state index in [4.69, 9.17) is 10.2 Å². The van der Waals surface area contributed by atoms with Gasteiger partial charge in [-0.25, -0.2) is 4.79 Å². The Morgan fingerprint density at radius 2 is 1.73 bits per heavy atom.